The number of nitro groups is 1. The van der Waals surface area contributed by atoms with Gasteiger partial charge in [-0.1, -0.05) is 72.8 Å². The average Bonchev–Trinajstić information content (AvgIpc) is 3.23. The third-order valence-electron chi connectivity index (χ3n) is 9.07. The van der Waals surface area contributed by atoms with Crippen LogP contribution in [0.2, 0.25) is 0 Å². The molecular weight excluding hydrogens is 673 g/mol. The Kier molecular flexibility index (Phi) is 9.25. The lowest BCUT2D eigenvalue weighted by atomic mass is 10.1. The topological polar surface area (TPSA) is 95.7 Å². The molecule has 8 rings (SSSR count). The molecule has 2 heterocycles. The second kappa shape index (κ2) is 14.9. The van der Waals surface area contributed by atoms with Gasteiger partial charge in [0.15, 0.2) is 0 Å². The highest BCUT2D eigenvalue weighted by Crippen LogP contribution is 2.41. The van der Waals surface area contributed by atoms with Crippen LogP contribution in [0.3, 0.4) is 0 Å². The minimum Gasteiger partial charge on any atom is -0.310 e. The number of nitrogens with zero attached hydrogens (tertiary/aromatic N) is 6. The molecule has 0 radical (unpaired) electrons. The van der Waals surface area contributed by atoms with Crippen LogP contribution in [-0.2, 0) is 0 Å². The van der Waals surface area contributed by atoms with Crippen LogP contribution in [0.5, 0.6) is 0 Å². The summed E-state index contributed by atoms with van der Waals surface area (Å²) in [6.45, 7) is 0. The lowest BCUT2D eigenvalue weighted by molar-refractivity contribution is -0.385. The number of carbonyl (C=O) groups excluding carboxylic acids is 1. The first kappa shape index (κ1) is 33.5. The van der Waals surface area contributed by atoms with Crippen molar-refractivity contribution in [3.05, 3.63) is 210 Å². The van der Waals surface area contributed by atoms with E-state index in [0.717, 1.165) is 39.3 Å². The number of nitro benzene ring substituents is 1. The van der Waals surface area contributed by atoms with Gasteiger partial charge >= 0.3 is 0 Å². The molecule has 0 fully saturated rings. The SMILES string of the molecule is O=C(c1ccc(N(c2ccccc2)c2ccnc3ccccc23)cc1[N+](=O)[O-])N(c1ccccc1)c1ccc(N(c2ccccc2)c2ccncc2)cc1. The summed E-state index contributed by atoms with van der Waals surface area (Å²) >= 11 is 0. The molecule has 0 bridgehead atoms. The van der Waals surface area contributed by atoms with Gasteiger partial charge in [-0.3, -0.25) is 29.8 Å². The Morgan fingerprint density at radius 2 is 1.00 bits per heavy atom. The molecule has 0 N–H and O–H groups in total. The van der Waals surface area contributed by atoms with E-state index in [4.69, 9.17) is 0 Å². The molecule has 0 spiro atoms. The van der Waals surface area contributed by atoms with Crippen molar-refractivity contribution >= 4 is 68.0 Å². The molecule has 0 saturated heterocycles. The van der Waals surface area contributed by atoms with Gasteiger partial charge in [0.25, 0.3) is 11.6 Å². The number of anilines is 8. The van der Waals surface area contributed by atoms with Crippen LogP contribution in [0.1, 0.15) is 10.4 Å². The highest BCUT2D eigenvalue weighted by Gasteiger charge is 2.29. The zero-order valence-electron chi connectivity index (χ0n) is 28.9. The fourth-order valence-corrected chi connectivity index (χ4v) is 6.62. The molecule has 0 aliphatic heterocycles. The predicted octanol–water partition coefficient (Wildman–Crippen LogP) is 11.5. The van der Waals surface area contributed by atoms with E-state index >= 15 is 0 Å². The molecule has 0 atom stereocenters. The number of pyridine rings is 2. The highest BCUT2D eigenvalue weighted by molar-refractivity contribution is 6.13. The number of hydrogen-bond acceptors (Lipinski definition) is 7. The fourth-order valence-electron chi connectivity index (χ4n) is 6.62. The Labute approximate surface area is 311 Å². The summed E-state index contributed by atoms with van der Waals surface area (Å²) in [4.78, 5) is 41.3. The first-order chi connectivity index (χ1) is 26.6. The summed E-state index contributed by atoms with van der Waals surface area (Å²) in [5, 5.41) is 13.7. The van der Waals surface area contributed by atoms with Crippen LogP contribution in [0.25, 0.3) is 10.9 Å². The first-order valence-corrected chi connectivity index (χ1v) is 17.3. The zero-order chi connectivity index (χ0) is 36.9. The van der Waals surface area contributed by atoms with E-state index in [1.165, 1.54) is 11.0 Å². The second-order valence-corrected chi connectivity index (χ2v) is 12.3. The van der Waals surface area contributed by atoms with E-state index in [1.807, 2.05) is 163 Å². The molecular formula is C45H32N6O3. The van der Waals surface area contributed by atoms with Crippen molar-refractivity contribution in [2.45, 2.75) is 0 Å². The summed E-state index contributed by atoms with van der Waals surface area (Å²) < 4.78 is 0. The number of para-hydroxylation sites is 4. The van der Waals surface area contributed by atoms with E-state index in [-0.39, 0.29) is 11.3 Å². The van der Waals surface area contributed by atoms with E-state index < -0.39 is 10.8 Å². The van der Waals surface area contributed by atoms with Gasteiger partial charge in [0.1, 0.15) is 5.56 Å². The van der Waals surface area contributed by atoms with Gasteiger partial charge in [-0.15, -0.1) is 0 Å². The lowest BCUT2D eigenvalue weighted by Crippen LogP contribution is -2.27. The molecule has 9 heteroatoms. The third kappa shape index (κ3) is 6.60. The number of amides is 1. The van der Waals surface area contributed by atoms with Gasteiger partial charge in [-0.25, -0.2) is 0 Å². The number of aromatic nitrogens is 2. The quantitative estimate of drug-likeness (QED) is 0.103. The monoisotopic (exact) mass is 704 g/mol. The number of benzene rings is 6. The van der Waals surface area contributed by atoms with Gasteiger partial charge in [-0.05, 0) is 97.1 Å². The maximum absolute atomic E-state index is 14.7. The van der Waals surface area contributed by atoms with Gasteiger partial charge in [-0.2, -0.15) is 0 Å². The third-order valence-corrected chi connectivity index (χ3v) is 9.07. The minimum atomic E-state index is -0.540. The van der Waals surface area contributed by atoms with Gasteiger partial charge in [0.2, 0.25) is 0 Å². The van der Waals surface area contributed by atoms with Crippen LogP contribution in [-0.4, -0.2) is 20.8 Å². The minimum absolute atomic E-state index is 0.0491. The van der Waals surface area contributed by atoms with Crippen molar-refractivity contribution in [1.82, 2.24) is 9.97 Å². The summed E-state index contributed by atoms with van der Waals surface area (Å²) in [6, 6.07) is 54.5. The summed E-state index contributed by atoms with van der Waals surface area (Å²) in [7, 11) is 0. The molecule has 9 nitrogen and oxygen atoms in total. The molecule has 1 amide bonds. The standard InChI is InChI=1S/C45H32N6O3/c52-45(41-25-24-39(32-44(41)51(53)54)49(34-14-6-2-7-15-34)43-28-31-47-42-19-11-10-18-40(42)43)50(35-16-8-3-9-17-35)37-22-20-36(21-23-37)48(33-12-4-1-5-13-33)38-26-29-46-30-27-38/h1-32H. The number of fused-ring (bicyclic) bond motifs is 1. The average molecular weight is 705 g/mol. The highest BCUT2D eigenvalue weighted by atomic mass is 16.6. The molecule has 0 aliphatic rings. The molecule has 2 aromatic heterocycles. The van der Waals surface area contributed by atoms with Crippen molar-refractivity contribution in [2.75, 3.05) is 14.7 Å². The van der Waals surface area contributed by atoms with Gasteiger partial charge < -0.3 is 9.80 Å². The second-order valence-electron chi connectivity index (χ2n) is 12.3. The summed E-state index contributed by atoms with van der Waals surface area (Å²) in [5.41, 5.74) is 6.37. The Hall–Kier alpha value is -7.65. The van der Waals surface area contributed by atoms with E-state index in [1.54, 1.807) is 30.7 Å². The first-order valence-electron chi connectivity index (χ1n) is 17.3. The largest absolute Gasteiger partial charge is 0.310 e. The van der Waals surface area contributed by atoms with Gasteiger partial charge in [0.05, 0.1) is 21.8 Å². The molecule has 0 saturated carbocycles. The van der Waals surface area contributed by atoms with Crippen LogP contribution in [0.15, 0.2) is 195 Å². The maximum Gasteiger partial charge on any atom is 0.284 e. The van der Waals surface area contributed by atoms with Crippen LogP contribution < -0.4 is 14.7 Å². The maximum atomic E-state index is 14.7. The van der Waals surface area contributed by atoms with Crippen LogP contribution >= 0.6 is 0 Å². The Morgan fingerprint density at radius 3 is 1.65 bits per heavy atom. The fraction of sp³-hybridized carbons (Fsp3) is 0. The zero-order valence-corrected chi connectivity index (χ0v) is 28.9. The smallest absolute Gasteiger partial charge is 0.284 e. The predicted molar refractivity (Wildman–Crippen MR) is 215 cm³/mol. The van der Waals surface area contributed by atoms with Crippen molar-refractivity contribution in [2.24, 2.45) is 0 Å². The van der Waals surface area contributed by atoms with Crippen molar-refractivity contribution in [1.29, 1.82) is 0 Å². The number of carbonyl (C=O) groups is 1. The molecule has 260 valence electrons. The van der Waals surface area contributed by atoms with Crippen molar-refractivity contribution in [3.8, 4) is 0 Å². The molecule has 54 heavy (non-hydrogen) atoms. The van der Waals surface area contributed by atoms with E-state index in [2.05, 4.69) is 14.9 Å². The Morgan fingerprint density at radius 1 is 0.500 bits per heavy atom. The summed E-state index contributed by atoms with van der Waals surface area (Å²) in [5.74, 6) is -0.540. The lowest BCUT2D eigenvalue weighted by Gasteiger charge is -2.28. The van der Waals surface area contributed by atoms with Gasteiger partial charge in [0, 0.05) is 64.2 Å². The number of rotatable bonds is 10. The Bertz CT molecular complexity index is 2510. The normalized spacial score (nSPS) is 10.8. The van der Waals surface area contributed by atoms with Crippen molar-refractivity contribution < 1.29 is 9.72 Å². The molecule has 0 unspecified atom stereocenters. The molecule has 8 aromatic rings. The van der Waals surface area contributed by atoms with E-state index in [9.17, 15) is 14.9 Å². The summed E-state index contributed by atoms with van der Waals surface area (Å²) in [6.07, 6.45) is 5.21. The Balaban J connectivity index is 1.22. The van der Waals surface area contributed by atoms with Crippen molar-refractivity contribution in [3.63, 3.8) is 0 Å². The van der Waals surface area contributed by atoms with Crippen LogP contribution in [0.4, 0.5) is 51.2 Å². The molecule has 6 aromatic carbocycles. The van der Waals surface area contributed by atoms with E-state index in [0.29, 0.717) is 17.1 Å². The number of hydrogen-bond donors (Lipinski definition) is 0. The molecule has 0 aliphatic carbocycles. The van der Waals surface area contributed by atoms with Crippen LogP contribution in [0, 0.1) is 10.1 Å².